The molecule has 10 nitrogen and oxygen atoms in total. The van der Waals surface area contributed by atoms with Crippen LogP contribution in [0.15, 0.2) is 53.5 Å². The standard InChI is InChI=1S/C23H25N3O7/c1-31-18-8-5-9-19(32-2)22(18)33-13-14(27)10-25-20(28)12-26-23(30)16-11-24-17-7-4-3-6-15(17)21(16)29/h3-9,11,14,27H,10,12-13H2,1-2H3,(H,24,29)(H,25,28)(H,26,30). The maximum Gasteiger partial charge on any atom is 0.257 e. The number of carbonyl (C=O) groups excluding carboxylic acids is 2. The highest BCUT2D eigenvalue weighted by molar-refractivity contribution is 5.98. The summed E-state index contributed by atoms with van der Waals surface area (Å²) >= 11 is 0. The molecule has 0 fully saturated rings. The van der Waals surface area contributed by atoms with Crippen molar-refractivity contribution in [2.45, 2.75) is 6.10 Å². The molecule has 0 aliphatic heterocycles. The molecule has 2 aromatic carbocycles. The molecule has 1 unspecified atom stereocenters. The van der Waals surface area contributed by atoms with Gasteiger partial charge in [-0.1, -0.05) is 18.2 Å². The molecular formula is C23H25N3O7. The molecule has 0 spiro atoms. The summed E-state index contributed by atoms with van der Waals surface area (Å²) in [7, 11) is 2.97. The van der Waals surface area contributed by atoms with Gasteiger partial charge in [0.15, 0.2) is 11.5 Å². The summed E-state index contributed by atoms with van der Waals surface area (Å²) in [5, 5.41) is 15.4. The van der Waals surface area contributed by atoms with E-state index in [4.69, 9.17) is 14.2 Å². The molecule has 0 radical (unpaired) electrons. The van der Waals surface area contributed by atoms with Crippen LogP contribution in [0.5, 0.6) is 17.2 Å². The van der Waals surface area contributed by atoms with E-state index in [1.807, 2.05) is 0 Å². The maximum atomic E-state index is 12.5. The van der Waals surface area contributed by atoms with Crippen molar-refractivity contribution in [3.05, 3.63) is 64.4 Å². The zero-order chi connectivity index (χ0) is 23.8. The summed E-state index contributed by atoms with van der Waals surface area (Å²) < 4.78 is 16.0. The first kappa shape index (κ1) is 23.6. The fourth-order valence-corrected chi connectivity index (χ4v) is 3.08. The largest absolute Gasteiger partial charge is 0.493 e. The number of methoxy groups -OCH3 is 2. The average Bonchev–Trinajstić information content (AvgIpc) is 2.84. The van der Waals surface area contributed by atoms with E-state index in [0.717, 1.165) is 0 Å². The van der Waals surface area contributed by atoms with Crippen molar-refractivity contribution in [1.29, 1.82) is 0 Å². The summed E-state index contributed by atoms with van der Waals surface area (Å²) in [6, 6.07) is 11.9. The molecule has 4 N–H and O–H groups in total. The highest BCUT2D eigenvalue weighted by atomic mass is 16.5. The molecule has 33 heavy (non-hydrogen) atoms. The van der Waals surface area contributed by atoms with Gasteiger partial charge in [0.2, 0.25) is 17.1 Å². The lowest BCUT2D eigenvalue weighted by atomic mass is 10.1. The minimum atomic E-state index is -1.03. The second kappa shape index (κ2) is 11.0. The van der Waals surface area contributed by atoms with Gasteiger partial charge in [0.1, 0.15) is 18.3 Å². The Morgan fingerprint density at radius 1 is 1.03 bits per heavy atom. The number of aliphatic hydroxyl groups is 1. The number of carbonyl (C=O) groups is 2. The second-order valence-electron chi connectivity index (χ2n) is 7.02. The van der Waals surface area contributed by atoms with E-state index in [0.29, 0.717) is 28.2 Å². The van der Waals surface area contributed by atoms with Crippen LogP contribution in [-0.4, -0.2) is 61.9 Å². The number of aromatic nitrogens is 1. The van der Waals surface area contributed by atoms with Gasteiger partial charge in [0.25, 0.3) is 5.91 Å². The fraction of sp³-hybridized carbons (Fsp3) is 0.261. The van der Waals surface area contributed by atoms with Gasteiger partial charge in [0, 0.05) is 23.6 Å². The lowest BCUT2D eigenvalue weighted by Gasteiger charge is -2.17. The van der Waals surface area contributed by atoms with Crippen molar-refractivity contribution in [2.24, 2.45) is 0 Å². The van der Waals surface area contributed by atoms with E-state index in [-0.39, 0.29) is 25.3 Å². The van der Waals surface area contributed by atoms with Gasteiger partial charge in [-0.05, 0) is 24.3 Å². The summed E-state index contributed by atoms with van der Waals surface area (Å²) in [5.41, 5.74) is 0.0843. The third-order valence-electron chi connectivity index (χ3n) is 4.78. The molecule has 10 heteroatoms. The van der Waals surface area contributed by atoms with E-state index in [2.05, 4.69) is 15.6 Å². The molecule has 0 bridgehead atoms. The number of para-hydroxylation sites is 2. The van der Waals surface area contributed by atoms with Crippen molar-refractivity contribution >= 4 is 22.7 Å². The second-order valence-corrected chi connectivity index (χ2v) is 7.02. The van der Waals surface area contributed by atoms with Crippen LogP contribution in [0.1, 0.15) is 10.4 Å². The van der Waals surface area contributed by atoms with E-state index in [1.54, 1.807) is 42.5 Å². The molecule has 0 saturated carbocycles. The predicted octanol–water partition coefficient (Wildman–Crippen LogP) is 0.831. The first-order valence-corrected chi connectivity index (χ1v) is 10.1. The van der Waals surface area contributed by atoms with Gasteiger partial charge in [-0.3, -0.25) is 14.4 Å². The van der Waals surface area contributed by atoms with E-state index < -0.39 is 23.3 Å². The molecule has 1 aromatic heterocycles. The fourth-order valence-electron chi connectivity index (χ4n) is 3.08. The Hall–Kier alpha value is -4.05. The molecule has 1 heterocycles. The highest BCUT2D eigenvalue weighted by Crippen LogP contribution is 2.36. The number of fused-ring (bicyclic) bond motifs is 1. The number of aromatic amines is 1. The minimum absolute atomic E-state index is 0.0966. The van der Waals surface area contributed by atoms with Crippen LogP contribution in [-0.2, 0) is 4.79 Å². The molecule has 2 amide bonds. The van der Waals surface area contributed by atoms with E-state index >= 15 is 0 Å². The molecule has 0 aliphatic carbocycles. The van der Waals surface area contributed by atoms with Crippen LogP contribution in [0.25, 0.3) is 10.9 Å². The van der Waals surface area contributed by atoms with E-state index in [9.17, 15) is 19.5 Å². The number of H-pyrrole nitrogens is 1. The number of ether oxygens (including phenoxy) is 3. The number of amides is 2. The van der Waals surface area contributed by atoms with Crippen LogP contribution >= 0.6 is 0 Å². The zero-order valence-corrected chi connectivity index (χ0v) is 18.2. The number of hydrogen-bond acceptors (Lipinski definition) is 7. The van der Waals surface area contributed by atoms with E-state index in [1.165, 1.54) is 20.4 Å². The molecule has 3 rings (SSSR count). The first-order valence-electron chi connectivity index (χ1n) is 10.1. The van der Waals surface area contributed by atoms with Crippen molar-refractivity contribution in [3.8, 4) is 17.2 Å². The molecular weight excluding hydrogens is 430 g/mol. The number of nitrogens with one attached hydrogen (secondary N) is 3. The number of benzene rings is 2. The Bertz CT molecular complexity index is 1170. The van der Waals surface area contributed by atoms with Crippen LogP contribution in [0.4, 0.5) is 0 Å². The van der Waals surface area contributed by atoms with Gasteiger partial charge < -0.3 is 34.9 Å². The normalized spacial score (nSPS) is 11.5. The first-order chi connectivity index (χ1) is 15.9. The Kier molecular flexibility index (Phi) is 7.87. The SMILES string of the molecule is COc1cccc(OC)c1OCC(O)CNC(=O)CNC(=O)c1c[nH]c2ccccc2c1=O. The Morgan fingerprint density at radius 2 is 1.73 bits per heavy atom. The van der Waals surface area contributed by atoms with Crippen LogP contribution in [0, 0.1) is 0 Å². The number of aliphatic hydroxyl groups excluding tert-OH is 1. The van der Waals surface area contributed by atoms with Crippen LogP contribution in [0.2, 0.25) is 0 Å². The molecule has 174 valence electrons. The Morgan fingerprint density at radius 3 is 2.42 bits per heavy atom. The predicted molar refractivity (Wildman–Crippen MR) is 121 cm³/mol. The Labute approximate surface area is 189 Å². The van der Waals surface area contributed by atoms with Gasteiger partial charge in [0.05, 0.1) is 20.8 Å². The average molecular weight is 455 g/mol. The minimum Gasteiger partial charge on any atom is -0.493 e. The summed E-state index contributed by atoms with van der Waals surface area (Å²) in [6.07, 6.45) is 0.285. The molecule has 1 atom stereocenters. The summed E-state index contributed by atoms with van der Waals surface area (Å²) in [4.78, 5) is 39.7. The smallest absolute Gasteiger partial charge is 0.257 e. The maximum absolute atomic E-state index is 12.5. The van der Waals surface area contributed by atoms with Crippen molar-refractivity contribution in [2.75, 3.05) is 33.9 Å². The van der Waals surface area contributed by atoms with Crippen LogP contribution in [0.3, 0.4) is 0 Å². The van der Waals surface area contributed by atoms with Gasteiger partial charge in [-0.2, -0.15) is 0 Å². The number of hydrogen-bond donors (Lipinski definition) is 4. The van der Waals surface area contributed by atoms with Gasteiger partial charge in [-0.25, -0.2) is 0 Å². The lowest BCUT2D eigenvalue weighted by Crippen LogP contribution is -2.42. The van der Waals surface area contributed by atoms with Crippen molar-refractivity contribution in [1.82, 2.24) is 15.6 Å². The lowest BCUT2D eigenvalue weighted by molar-refractivity contribution is -0.120. The summed E-state index contributed by atoms with van der Waals surface area (Å²) in [5.74, 6) is 0.00786. The third kappa shape index (κ3) is 5.80. The number of pyridine rings is 1. The molecule has 0 saturated heterocycles. The van der Waals surface area contributed by atoms with Crippen molar-refractivity contribution < 1.29 is 28.9 Å². The van der Waals surface area contributed by atoms with Gasteiger partial charge >= 0.3 is 0 Å². The monoisotopic (exact) mass is 455 g/mol. The molecule has 3 aromatic rings. The molecule has 0 aliphatic rings. The summed E-state index contributed by atoms with van der Waals surface area (Å²) in [6.45, 7) is -0.600. The third-order valence-corrected chi connectivity index (χ3v) is 4.78. The van der Waals surface area contributed by atoms with Crippen molar-refractivity contribution in [3.63, 3.8) is 0 Å². The van der Waals surface area contributed by atoms with Crippen LogP contribution < -0.4 is 30.3 Å². The zero-order valence-electron chi connectivity index (χ0n) is 18.2. The van der Waals surface area contributed by atoms with Gasteiger partial charge in [-0.15, -0.1) is 0 Å². The number of rotatable bonds is 10. The Balaban J connectivity index is 1.47. The highest BCUT2D eigenvalue weighted by Gasteiger charge is 2.16. The topological polar surface area (TPSA) is 139 Å². The quantitative estimate of drug-likeness (QED) is 0.355.